The van der Waals surface area contributed by atoms with Gasteiger partial charge in [-0.3, -0.25) is 23.4 Å². The normalized spacial score (nSPS) is 14.0. The van der Waals surface area contributed by atoms with Crippen LogP contribution >= 0.6 is 7.82 Å². The van der Waals surface area contributed by atoms with Gasteiger partial charge in [-0.15, -0.1) is 0 Å². The average molecular weight is 977 g/mol. The van der Waals surface area contributed by atoms with Gasteiger partial charge < -0.3 is 24.2 Å². The molecule has 0 spiro atoms. The smallest absolute Gasteiger partial charge is 0.462 e. The Morgan fingerprint density at radius 1 is 0.426 bits per heavy atom. The number of carbonyl (C=O) groups is 3. The summed E-state index contributed by atoms with van der Waals surface area (Å²) >= 11 is 0. The SMILES string of the molecule is CC/C=C\C/C=C\C/C=C\C/C=C\CCCCC(=O)OC(COC(=O)CCCCCCCCCCCCC)COP(=O)(O)OCC(CO)OC(=O)CCCCCCC/C=C\C/C=C\CCCCC. The highest BCUT2D eigenvalue weighted by Gasteiger charge is 2.28. The maximum absolute atomic E-state index is 12.9. The highest BCUT2D eigenvalue weighted by Crippen LogP contribution is 2.43. The lowest BCUT2D eigenvalue weighted by atomic mass is 10.1. The molecule has 68 heavy (non-hydrogen) atoms. The largest absolute Gasteiger partial charge is 0.472 e. The quantitative estimate of drug-likeness (QED) is 0.0197. The van der Waals surface area contributed by atoms with Crippen molar-refractivity contribution in [2.45, 2.75) is 238 Å². The highest BCUT2D eigenvalue weighted by atomic mass is 31.2. The third kappa shape index (κ3) is 48.0. The summed E-state index contributed by atoms with van der Waals surface area (Å²) in [7, 11) is -4.76. The van der Waals surface area contributed by atoms with Crippen LogP contribution in [0.1, 0.15) is 226 Å². The zero-order chi connectivity index (χ0) is 49.9. The molecule has 0 aromatic heterocycles. The molecule has 0 aliphatic rings. The van der Waals surface area contributed by atoms with Gasteiger partial charge in [-0.1, -0.05) is 190 Å². The van der Waals surface area contributed by atoms with Crippen LogP contribution in [0.3, 0.4) is 0 Å². The molecule has 0 aliphatic heterocycles. The number of aliphatic hydroxyl groups excluding tert-OH is 1. The van der Waals surface area contributed by atoms with E-state index in [0.717, 1.165) is 103 Å². The fraction of sp³-hybridized carbons (Fsp3) is 0.732. The van der Waals surface area contributed by atoms with Crippen LogP contribution in [-0.2, 0) is 42.2 Å². The molecule has 0 rings (SSSR count). The van der Waals surface area contributed by atoms with Gasteiger partial charge in [0, 0.05) is 19.3 Å². The van der Waals surface area contributed by atoms with Gasteiger partial charge in [-0.2, -0.15) is 0 Å². The standard InChI is InChI=1S/C56H97O11P/c1-4-7-10-13-16-19-22-24-26-28-31-34-37-40-43-46-55(59)66-52(48-57)50-64-68(61,62)65-51-53(49-63-54(58)45-42-39-36-33-30-21-18-15-12-9-6-3)67-56(60)47-44-41-38-35-32-29-27-25-23-20-17-14-11-8-5-2/h8,11,16-17,19-20,24-27,32,35,52-53,57H,4-7,9-10,12-15,18,21-23,28-31,33-34,36-51H2,1-3H3,(H,61,62)/b11-8-,19-16-,20-17-,26-24-,27-25-,35-32-. The summed E-state index contributed by atoms with van der Waals surface area (Å²) in [5.41, 5.74) is 0. The molecule has 0 aromatic rings. The van der Waals surface area contributed by atoms with Gasteiger partial charge in [-0.25, -0.2) is 4.57 Å². The monoisotopic (exact) mass is 977 g/mol. The van der Waals surface area contributed by atoms with Crippen molar-refractivity contribution in [3.63, 3.8) is 0 Å². The number of unbranched alkanes of at least 4 members (excludes halogenated alkanes) is 20. The zero-order valence-electron chi connectivity index (χ0n) is 43.1. The third-order valence-corrected chi connectivity index (χ3v) is 12.1. The Morgan fingerprint density at radius 3 is 1.24 bits per heavy atom. The number of esters is 3. The molecule has 0 aromatic carbocycles. The topological polar surface area (TPSA) is 155 Å². The summed E-state index contributed by atoms with van der Waals surface area (Å²) in [6, 6.07) is 0. The van der Waals surface area contributed by atoms with Gasteiger partial charge in [0.2, 0.25) is 0 Å². The number of carbonyl (C=O) groups excluding carboxylic acids is 3. The number of phosphoric acid groups is 1. The van der Waals surface area contributed by atoms with Gasteiger partial charge >= 0.3 is 25.7 Å². The Bertz CT molecular complexity index is 1420. The van der Waals surface area contributed by atoms with Crippen molar-refractivity contribution in [3.05, 3.63) is 72.9 Å². The third-order valence-electron chi connectivity index (χ3n) is 11.1. The Balaban J connectivity index is 4.78. The number of allylic oxidation sites excluding steroid dienone is 12. The number of hydrogen-bond acceptors (Lipinski definition) is 10. The van der Waals surface area contributed by atoms with E-state index in [9.17, 15) is 28.9 Å². The molecule has 0 saturated heterocycles. The molecule has 0 bridgehead atoms. The second kappa shape index (κ2) is 50.3. The van der Waals surface area contributed by atoms with Crippen molar-refractivity contribution >= 4 is 25.7 Å². The van der Waals surface area contributed by atoms with Crippen molar-refractivity contribution < 1.29 is 52.2 Å². The van der Waals surface area contributed by atoms with Crippen molar-refractivity contribution in [1.82, 2.24) is 0 Å². The van der Waals surface area contributed by atoms with E-state index in [-0.39, 0.29) is 25.9 Å². The van der Waals surface area contributed by atoms with E-state index in [1.165, 1.54) is 64.2 Å². The first-order chi connectivity index (χ1) is 33.2. The summed E-state index contributed by atoms with van der Waals surface area (Å²) in [5, 5.41) is 9.78. The summed E-state index contributed by atoms with van der Waals surface area (Å²) in [5.74, 6) is -1.53. The first-order valence-electron chi connectivity index (χ1n) is 26.8. The lowest BCUT2D eigenvalue weighted by Gasteiger charge is -2.21. The van der Waals surface area contributed by atoms with Crippen molar-refractivity contribution in [1.29, 1.82) is 0 Å². The summed E-state index contributed by atoms with van der Waals surface area (Å²) < 4.78 is 39.3. The van der Waals surface area contributed by atoms with Crippen LogP contribution in [0.2, 0.25) is 0 Å². The lowest BCUT2D eigenvalue weighted by molar-refractivity contribution is -0.161. The number of aliphatic hydroxyl groups is 1. The van der Waals surface area contributed by atoms with E-state index in [1.54, 1.807) is 0 Å². The summed E-state index contributed by atoms with van der Waals surface area (Å²) in [6.07, 6.45) is 54.4. The van der Waals surface area contributed by atoms with E-state index in [2.05, 4.69) is 93.7 Å². The molecule has 0 amide bonds. The van der Waals surface area contributed by atoms with E-state index in [4.69, 9.17) is 23.3 Å². The molecule has 2 N–H and O–H groups in total. The van der Waals surface area contributed by atoms with Crippen molar-refractivity contribution in [2.24, 2.45) is 0 Å². The number of hydrogen-bond donors (Lipinski definition) is 2. The average Bonchev–Trinajstić information content (AvgIpc) is 3.32. The van der Waals surface area contributed by atoms with E-state index in [1.807, 2.05) is 0 Å². The maximum atomic E-state index is 12.9. The van der Waals surface area contributed by atoms with Gasteiger partial charge in [0.05, 0.1) is 19.8 Å². The molecule has 3 unspecified atom stereocenters. The molecule has 0 aliphatic carbocycles. The number of rotatable bonds is 49. The number of ether oxygens (including phenoxy) is 3. The first-order valence-corrected chi connectivity index (χ1v) is 28.3. The molecule has 12 heteroatoms. The van der Waals surface area contributed by atoms with Gasteiger partial charge in [-0.05, 0) is 89.9 Å². The van der Waals surface area contributed by atoms with E-state index in [0.29, 0.717) is 19.3 Å². The minimum atomic E-state index is -4.76. The number of phosphoric ester groups is 1. The lowest BCUT2D eigenvalue weighted by Crippen LogP contribution is -2.30. The molecule has 11 nitrogen and oxygen atoms in total. The van der Waals surface area contributed by atoms with Crippen LogP contribution in [0.25, 0.3) is 0 Å². The van der Waals surface area contributed by atoms with Crippen LogP contribution in [0, 0.1) is 0 Å². The Morgan fingerprint density at radius 2 is 0.765 bits per heavy atom. The minimum Gasteiger partial charge on any atom is -0.462 e. The predicted octanol–water partition coefficient (Wildman–Crippen LogP) is 15.4. The van der Waals surface area contributed by atoms with Crippen LogP contribution in [0.4, 0.5) is 0 Å². The second-order valence-electron chi connectivity index (χ2n) is 17.7. The Labute approximate surface area is 414 Å². The molecule has 0 radical (unpaired) electrons. The van der Waals surface area contributed by atoms with Gasteiger partial charge in [0.1, 0.15) is 12.7 Å². The minimum absolute atomic E-state index is 0.114. The van der Waals surface area contributed by atoms with E-state index >= 15 is 0 Å². The fourth-order valence-electron chi connectivity index (χ4n) is 7.02. The fourth-order valence-corrected chi connectivity index (χ4v) is 7.81. The van der Waals surface area contributed by atoms with E-state index < -0.39 is 57.8 Å². The summed E-state index contributed by atoms with van der Waals surface area (Å²) in [6.45, 7) is 4.42. The van der Waals surface area contributed by atoms with Crippen molar-refractivity contribution in [2.75, 3.05) is 26.4 Å². The molecule has 0 heterocycles. The molecular formula is C56H97O11P. The predicted molar refractivity (Wildman–Crippen MR) is 279 cm³/mol. The molecular weight excluding hydrogens is 880 g/mol. The maximum Gasteiger partial charge on any atom is 0.472 e. The first kappa shape index (κ1) is 64.9. The highest BCUT2D eigenvalue weighted by molar-refractivity contribution is 7.47. The van der Waals surface area contributed by atoms with Crippen LogP contribution in [0.5, 0.6) is 0 Å². The molecule has 0 fully saturated rings. The van der Waals surface area contributed by atoms with Crippen LogP contribution in [-0.4, -0.2) is 66.5 Å². The van der Waals surface area contributed by atoms with Crippen LogP contribution < -0.4 is 0 Å². The van der Waals surface area contributed by atoms with Gasteiger partial charge in [0.25, 0.3) is 0 Å². The Kier molecular flexibility index (Phi) is 48.0. The van der Waals surface area contributed by atoms with Crippen LogP contribution in [0.15, 0.2) is 72.9 Å². The van der Waals surface area contributed by atoms with Crippen molar-refractivity contribution in [3.8, 4) is 0 Å². The summed E-state index contributed by atoms with van der Waals surface area (Å²) in [4.78, 5) is 48.3. The molecule has 3 atom stereocenters. The Hall–Kier alpha value is -3.08. The van der Waals surface area contributed by atoms with Gasteiger partial charge in [0.15, 0.2) is 6.10 Å². The second-order valence-corrected chi connectivity index (χ2v) is 19.1. The molecule has 0 saturated carbocycles. The zero-order valence-corrected chi connectivity index (χ0v) is 43.9. The molecule has 392 valence electrons.